The second-order valence-electron chi connectivity index (χ2n) is 5.43. The molecule has 7 heteroatoms. The predicted octanol–water partition coefficient (Wildman–Crippen LogP) is 1.89. The average molecular weight is 343 g/mol. The zero-order valence-corrected chi connectivity index (χ0v) is 14.2. The van der Waals surface area contributed by atoms with Crippen LogP contribution in [0, 0.1) is 0 Å². The third kappa shape index (κ3) is 4.41. The molecule has 0 bridgehead atoms. The van der Waals surface area contributed by atoms with Crippen molar-refractivity contribution in [2.45, 2.75) is 25.8 Å². The Hall–Kier alpha value is -1.18. The maximum absolute atomic E-state index is 12.5. The summed E-state index contributed by atoms with van der Waals surface area (Å²) < 4.78 is 49.6. The summed E-state index contributed by atoms with van der Waals surface area (Å²) in [7, 11) is -6.74. The van der Waals surface area contributed by atoms with Gasteiger partial charge < -0.3 is 0 Å². The highest BCUT2D eigenvalue weighted by Gasteiger charge is 2.36. The third-order valence-electron chi connectivity index (χ3n) is 3.62. The van der Waals surface area contributed by atoms with Crippen molar-refractivity contribution < 1.29 is 16.8 Å². The molecule has 22 heavy (non-hydrogen) atoms. The van der Waals surface area contributed by atoms with Gasteiger partial charge in [-0.15, -0.1) is 0 Å². The highest BCUT2D eigenvalue weighted by molar-refractivity contribution is 7.93. The first-order valence-corrected chi connectivity index (χ1v) is 10.6. The molecule has 0 N–H and O–H groups in total. The molecule has 0 saturated carbocycles. The number of sulfonamides is 1. The Labute approximate surface area is 132 Å². The topological polar surface area (TPSA) is 71.5 Å². The molecule has 2 rings (SSSR count). The Morgan fingerprint density at radius 3 is 2.50 bits per heavy atom. The van der Waals surface area contributed by atoms with Gasteiger partial charge in [0.1, 0.15) is 0 Å². The van der Waals surface area contributed by atoms with Gasteiger partial charge in [-0.2, -0.15) is 4.31 Å². The Morgan fingerprint density at radius 1 is 1.27 bits per heavy atom. The Morgan fingerprint density at radius 2 is 1.95 bits per heavy atom. The Bertz CT molecular complexity index is 724. The van der Waals surface area contributed by atoms with Crippen LogP contribution in [0.3, 0.4) is 0 Å². The fourth-order valence-corrected chi connectivity index (χ4v) is 5.89. The van der Waals surface area contributed by atoms with Crippen molar-refractivity contribution in [3.63, 3.8) is 0 Å². The van der Waals surface area contributed by atoms with Crippen molar-refractivity contribution in [3.05, 3.63) is 41.3 Å². The molecule has 1 aromatic carbocycles. The quantitative estimate of drug-likeness (QED) is 0.791. The molecule has 0 radical (unpaired) electrons. The monoisotopic (exact) mass is 343 g/mol. The van der Waals surface area contributed by atoms with E-state index in [1.54, 1.807) is 6.08 Å². The van der Waals surface area contributed by atoms with Crippen molar-refractivity contribution in [2.75, 3.05) is 18.1 Å². The number of hydrogen-bond donors (Lipinski definition) is 0. The molecule has 1 aliphatic heterocycles. The molecule has 1 aliphatic rings. The average Bonchev–Trinajstić information content (AvgIpc) is 2.83. The van der Waals surface area contributed by atoms with Gasteiger partial charge in [0.2, 0.25) is 10.0 Å². The highest BCUT2D eigenvalue weighted by atomic mass is 32.2. The predicted molar refractivity (Wildman–Crippen MR) is 88.5 cm³/mol. The fourth-order valence-electron chi connectivity index (χ4n) is 2.55. The van der Waals surface area contributed by atoms with Crippen LogP contribution >= 0.6 is 0 Å². The van der Waals surface area contributed by atoms with Crippen LogP contribution in [0.5, 0.6) is 0 Å². The van der Waals surface area contributed by atoms with E-state index >= 15 is 0 Å². The SMILES string of the molecule is CCCN([C@H]1CCS(=O)(=O)C1)S(=O)(=O)/C=C/c1ccccc1. The molecule has 1 atom stereocenters. The lowest BCUT2D eigenvalue weighted by Gasteiger charge is -2.25. The molecular weight excluding hydrogens is 322 g/mol. The summed E-state index contributed by atoms with van der Waals surface area (Å²) in [6.07, 6.45) is 2.57. The van der Waals surface area contributed by atoms with E-state index in [9.17, 15) is 16.8 Å². The van der Waals surface area contributed by atoms with E-state index in [1.165, 1.54) is 9.71 Å². The summed E-state index contributed by atoms with van der Waals surface area (Å²) in [6, 6.07) is 8.71. The lowest BCUT2D eigenvalue weighted by molar-refractivity contribution is 0.345. The van der Waals surface area contributed by atoms with Gasteiger partial charge in [0.25, 0.3) is 0 Å². The van der Waals surface area contributed by atoms with Crippen molar-refractivity contribution in [2.24, 2.45) is 0 Å². The molecule has 1 heterocycles. The number of rotatable bonds is 6. The van der Waals surface area contributed by atoms with Crippen molar-refractivity contribution in [3.8, 4) is 0 Å². The number of hydrogen-bond acceptors (Lipinski definition) is 4. The van der Waals surface area contributed by atoms with E-state index in [0.717, 1.165) is 5.56 Å². The lowest BCUT2D eigenvalue weighted by atomic mass is 10.2. The van der Waals surface area contributed by atoms with Gasteiger partial charge in [-0.25, -0.2) is 16.8 Å². The smallest absolute Gasteiger partial charge is 0.229 e. The summed E-state index contributed by atoms with van der Waals surface area (Å²) in [5, 5.41) is 1.17. The molecule has 122 valence electrons. The van der Waals surface area contributed by atoms with E-state index in [4.69, 9.17) is 0 Å². The number of sulfone groups is 1. The Kier molecular flexibility index (Phi) is 5.41. The van der Waals surface area contributed by atoms with E-state index in [1.807, 2.05) is 37.3 Å². The fraction of sp³-hybridized carbons (Fsp3) is 0.467. The third-order valence-corrected chi connectivity index (χ3v) is 6.98. The van der Waals surface area contributed by atoms with E-state index in [-0.39, 0.29) is 11.5 Å². The molecule has 5 nitrogen and oxygen atoms in total. The molecule has 0 aromatic heterocycles. The van der Waals surface area contributed by atoms with E-state index < -0.39 is 25.9 Å². The minimum atomic E-state index is -3.63. The number of nitrogens with zero attached hydrogens (tertiary/aromatic N) is 1. The maximum atomic E-state index is 12.5. The van der Waals surface area contributed by atoms with Gasteiger partial charge >= 0.3 is 0 Å². The van der Waals surface area contributed by atoms with Gasteiger partial charge in [-0.3, -0.25) is 0 Å². The zero-order chi connectivity index (χ0) is 16.2. The minimum Gasteiger partial charge on any atom is -0.229 e. The molecule has 1 saturated heterocycles. The van der Waals surface area contributed by atoms with Crippen LogP contribution in [0.15, 0.2) is 35.7 Å². The van der Waals surface area contributed by atoms with Crippen LogP contribution in [0.1, 0.15) is 25.3 Å². The van der Waals surface area contributed by atoms with Gasteiger partial charge in [0, 0.05) is 18.0 Å². The first kappa shape index (κ1) is 17.2. The summed E-state index contributed by atoms with van der Waals surface area (Å²) in [5.41, 5.74) is 0.793. The molecule has 0 amide bonds. The van der Waals surface area contributed by atoms with Crippen LogP contribution in [0.4, 0.5) is 0 Å². The van der Waals surface area contributed by atoms with Gasteiger partial charge in [0.05, 0.1) is 11.5 Å². The van der Waals surface area contributed by atoms with Crippen molar-refractivity contribution in [1.29, 1.82) is 0 Å². The largest absolute Gasteiger partial charge is 0.236 e. The Balaban J connectivity index is 2.21. The maximum Gasteiger partial charge on any atom is 0.236 e. The van der Waals surface area contributed by atoms with Gasteiger partial charge in [-0.1, -0.05) is 37.3 Å². The molecular formula is C15H21NO4S2. The summed E-state index contributed by atoms with van der Waals surface area (Å²) in [4.78, 5) is 0. The van der Waals surface area contributed by atoms with Crippen LogP contribution in [-0.4, -0.2) is 45.2 Å². The zero-order valence-electron chi connectivity index (χ0n) is 12.6. The number of benzene rings is 1. The van der Waals surface area contributed by atoms with Crippen LogP contribution in [-0.2, 0) is 19.9 Å². The van der Waals surface area contributed by atoms with E-state index in [0.29, 0.717) is 19.4 Å². The normalized spacial score (nSPS) is 21.6. The first-order chi connectivity index (χ1) is 10.3. The highest BCUT2D eigenvalue weighted by Crippen LogP contribution is 2.22. The second-order valence-corrected chi connectivity index (χ2v) is 9.43. The first-order valence-electron chi connectivity index (χ1n) is 7.29. The summed E-state index contributed by atoms with van der Waals surface area (Å²) in [6.45, 7) is 2.22. The summed E-state index contributed by atoms with van der Waals surface area (Å²) >= 11 is 0. The molecule has 1 aromatic rings. The van der Waals surface area contributed by atoms with E-state index in [2.05, 4.69) is 0 Å². The second kappa shape index (κ2) is 6.93. The molecule has 1 fully saturated rings. The minimum absolute atomic E-state index is 0.0653. The van der Waals surface area contributed by atoms with Crippen molar-refractivity contribution >= 4 is 25.9 Å². The van der Waals surface area contributed by atoms with Crippen LogP contribution < -0.4 is 0 Å². The standard InChI is InChI=1S/C15H21NO4S2/c1-2-10-16(15-9-11-21(17,18)13-15)22(19,20)12-8-14-6-4-3-5-7-14/h3-8,12,15H,2,9-11,13H2,1H3/b12-8+/t15-/m0/s1. The lowest BCUT2D eigenvalue weighted by Crippen LogP contribution is -2.40. The molecule has 0 spiro atoms. The van der Waals surface area contributed by atoms with Crippen LogP contribution in [0.2, 0.25) is 0 Å². The summed E-state index contributed by atoms with van der Waals surface area (Å²) in [5.74, 6) is -0.0127. The van der Waals surface area contributed by atoms with Gasteiger partial charge in [0.15, 0.2) is 9.84 Å². The molecule has 0 aliphatic carbocycles. The van der Waals surface area contributed by atoms with Crippen LogP contribution in [0.25, 0.3) is 6.08 Å². The molecule has 0 unspecified atom stereocenters. The van der Waals surface area contributed by atoms with Gasteiger partial charge in [-0.05, 0) is 24.5 Å². The van der Waals surface area contributed by atoms with Crippen molar-refractivity contribution in [1.82, 2.24) is 4.31 Å².